The number of Topliss-reactive ketones (excluding diaryl/α,β-unsaturated/α-hetero) is 1. The van der Waals surface area contributed by atoms with E-state index in [1.54, 1.807) is 18.2 Å². The highest BCUT2D eigenvalue weighted by Crippen LogP contribution is 2.27. The lowest BCUT2D eigenvalue weighted by molar-refractivity contribution is 0.0469. The van der Waals surface area contributed by atoms with E-state index < -0.39 is 11.9 Å². The number of aromatic nitrogens is 1. The number of benzene rings is 1. The van der Waals surface area contributed by atoms with E-state index in [1.165, 1.54) is 12.1 Å². The van der Waals surface area contributed by atoms with Crippen LogP contribution in [0, 0.1) is 0 Å². The van der Waals surface area contributed by atoms with E-state index in [9.17, 15) is 14.4 Å². The number of likely N-dealkylation sites (N-methyl/N-ethyl adjacent to an activating group) is 1. The molecule has 0 spiro atoms. The topological polar surface area (TPSA) is 88.8 Å². The fourth-order valence-corrected chi connectivity index (χ4v) is 3.33. The van der Waals surface area contributed by atoms with Crippen LogP contribution in [0.15, 0.2) is 30.3 Å². The Morgan fingerprint density at radius 3 is 2.54 bits per heavy atom. The highest BCUT2D eigenvalue weighted by atomic mass is 16.5. The molecule has 7 heteroatoms. The number of fused-ring (bicyclic) bond motifs is 1. The first-order valence-corrected chi connectivity index (χ1v) is 9.26. The Hall–Kier alpha value is -2.93. The van der Waals surface area contributed by atoms with E-state index in [-0.39, 0.29) is 18.0 Å². The molecule has 0 radical (unpaired) electrons. The molecule has 1 aromatic carbocycles. The Balaban J connectivity index is 1.90. The standard InChI is InChI=1S/C21H24N2O5/c1-22(2)10-11-28-21(27)18-12-16-17(4-3-5-19(16)24)23(18)13-14-6-8-15(9-7-14)20(25)26/h6-9,12H,3-5,10-11,13H2,1-2H3,(H,25,26). The van der Waals surface area contributed by atoms with E-state index in [4.69, 9.17) is 9.84 Å². The van der Waals surface area contributed by atoms with Crippen molar-refractivity contribution in [1.29, 1.82) is 0 Å². The van der Waals surface area contributed by atoms with Crippen LogP contribution in [0.5, 0.6) is 0 Å². The maximum atomic E-state index is 12.7. The zero-order valence-electron chi connectivity index (χ0n) is 16.1. The summed E-state index contributed by atoms with van der Waals surface area (Å²) in [5.74, 6) is -1.39. The van der Waals surface area contributed by atoms with Gasteiger partial charge in [0.2, 0.25) is 0 Å². The Morgan fingerprint density at radius 1 is 1.18 bits per heavy atom. The third-order valence-electron chi connectivity index (χ3n) is 4.85. The molecule has 0 amide bonds. The number of carbonyl (C=O) groups excluding carboxylic acids is 2. The second-order valence-corrected chi connectivity index (χ2v) is 7.19. The number of aromatic carboxylic acids is 1. The van der Waals surface area contributed by atoms with Crippen LogP contribution < -0.4 is 0 Å². The van der Waals surface area contributed by atoms with Crippen molar-refractivity contribution in [3.8, 4) is 0 Å². The molecule has 3 rings (SSSR count). The Morgan fingerprint density at radius 2 is 1.89 bits per heavy atom. The summed E-state index contributed by atoms with van der Waals surface area (Å²) in [7, 11) is 3.80. The van der Waals surface area contributed by atoms with Gasteiger partial charge in [-0.25, -0.2) is 9.59 Å². The van der Waals surface area contributed by atoms with E-state index >= 15 is 0 Å². The number of carboxylic acids is 1. The van der Waals surface area contributed by atoms with Crippen LogP contribution in [-0.4, -0.2) is 59.5 Å². The second kappa shape index (κ2) is 8.39. The van der Waals surface area contributed by atoms with Gasteiger partial charge in [-0.05, 0) is 50.7 Å². The number of nitrogens with zero attached hydrogens (tertiary/aromatic N) is 2. The van der Waals surface area contributed by atoms with Gasteiger partial charge in [0.1, 0.15) is 12.3 Å². The van der Waals surface area contributed by atoms with Crippen LogP contribution in [-0.2, 0) is 17.7 Å². The molecule has 1 aliphatic rings. The molecule has 0 aliphatic heterocycles. The highest BCUT2D eigenvalue weighted by molar-refractivity contribution is 6.01. The molecule has 0 atom stereocenters. The molecule has 1 heterocycles. The normalized spacial score (nSPS) is 13.5. The summed E-state index contributed by atoms with van der Waals surface area (Å²) in [6, 6.07) is 8.16. The van der Waals surface area contributed by atoms with E-state index in [0.29, 0.717) is 30.8 Å². The van der Waals surface area contributed by atoms with Gasteiger partial charge >= 0.3 is 11.9 Å². The van der Waals surface area contributed by atoms with Crippen LogP contribution >= 0.6 is 0 Å². The summed E-state index contributed by atoms with van der Waals surface area (Å²) in [4.78, 5) is 37.9. The van der Waals surface area contributed by atoms with Crippen molar-refractivity contribution < 1.29 is 24.2 Å². The van der Waals surface area contributed by atoms with Gasteiger partial charge in [-0.1, -0.05) is 12.1 Å². The predicted octanol–water partition coefficient (Wildman–Crippen LogP) is 2.47. The van der Waals surface area contributed by atoms with E-state index in [0.717, 1.165) is 24.1 Å². The number of ketones is 1. The first kappa shape index (κ1) is 19.8. The third kappa shape index (κ3) is 4.31. The molecular weight excluding hydrogens is 360 g/mol. The molecule has 0 fully saturated rings. The first-order chi connectivity index (χ1) is 13.4. The number of ether oxygens (including phenoxy) is 1. The Bertz CT molecular complexity index is 896. The summed E-state index contributed by atoms with van der Waals surface area (Å²) in [5, 5.41) is 9.05. The van der Waals surface area contributed by atoms with Gasteiger partial charge in [0, 0.05) is 30.8 Å². The zero-order chi connectivity index (χ0) is 20.3. The lowest BCUT2D eigenvalue weighted by Gasteiger charge is -2.17. The minimum Gasteiger partial charge on any atom is -0.478 e. The maximum Gasteiger partial charge on any atom is 0.355 e. The van der Waals surface area contributed by atoms with Crippen LogP contribution in [0.3, 0.4) is 0 Å². The average Bonchev–Trinajstić information content (AvgIpc) is 3.02. The SMILES string of the molecule is CN(C)CCOC(=O)c1cc2c(n1Cc1ccc(C(=O)O)cc1)CCCC2=O. The smallest absolute Gasteiger partial charge is 0.355 e. The molecule has 1 aromatic heterocycles. The van der Waals surface area contributed by atoms with Gasteiger partial charge < -0.3 is 19.3 Å². The van der Waals surface area contributed by atoms with Gasteiger partial charge in [-0.15, -0.1) is 0 Å². The summed E-state index contributed by atoms with van der Waals surface area (Å²) in [6.45, 7) is 1.26. The second-order valence-electron chi connectivity index (χ2n) is 7.19. The number of rotatable bonds is 7. The Kier molecular flexibility index (Phi) is 5.94. The lowest BCUT2D eigenvalue weighted by Crippen LogP contribution is -2.22. The van der Waals surface area contributed by atoms with Crippen LogP contribution in [0.2, 0.25) is 0 Å². The van der Waals surface area contributed by atoms with Crippen molar-refractivity contribution in [2.45, 2.75) is 25.8 Å². The summed E-state index contributed by atoms with van der Waals surface area (Å²) < 4.78 is 7.22. The molecule has 7 nitrogen and oxygen atoms in total. The lowest BCUT2D eigenvalue weighted by atomic mass is 9.96. The largest absolute Gasteiger partial charge is 0.478 e. The first-order valence-electron chi connectivity index (χ1n) is 9.26. The number of esters is 1. The fourth-order valence-electron chi connectivity index (χ4n) is 3.33. The zero-order valence-corrected chi connectivity index (χ0v) is 16.1. The van der Waals surface area contributed by atoms with Gasteiger partial charge in [0.05, 0.1) is 5.56 Å². The van der Waals surface area contributed by atoms with Crippen LogP contribution in [0.1, 0.15) is 55.3 Å². The minimum absolute atomic E-state index is 0.0450. The minimum atomic E-state index is -0.986. The van der Waals surface area contributed by atoms with Crippen molar-refractivity contribution in [3.63, 3.8) is 0 Å². The third-order valence-corrected chi connectivity index (χ3v) is 4.85. The molecule has 2 aromatic rings. The molecule has 0 bridgehead atoms. The van der Waals surface area contributed by atoms with Crippen LogP contribution in [0.25, 0.3) is 0 Å². The van der Waals surface area contributed by atoms with Crippen molar-refractivity contribution >= 4 is 17.7 Å². The van der Waals surface area contributed by atoms with Gasteiger partial charge in [-0.3, -0.25) is 4.79 Å². The quantitative estimate of drug-likeness (QED) is 0.738. The Labute approximate surface area is 163 Å². The van der Waals surface area contributed by atoms with E-state index in [2.05, 4.69) is 0 Å². The predicted molar refractivity (Wildman–Crippen MR) is 103 cm³/mol. The molecule has 1 aliphatic carbocycles. The average molecular weight is 384 g/mol. The molecule has 0 saturated heterocycles. The number of carboxylic acid groups (broad SMARTS) is 1. The highest BCUT2D eigenvalue weighted by Gasteiger charge is 2.27. The van der Waals surface area contributed by atoms with Crippen molar-refractivity contribution in [1.82, 2.24) is 9.47 Å². The fraction of sp³-hybridized carbons (Fsp3) is 0.381. The van der Waals surface area contributed by atoms with Gasteiger partial charge in [-0.2, -0.15) is 0 Å². The summed E-state index contributed by atoms with van der Waals surface area (Å²) in [5.41, 5.74) is 2.85. The molecular formula is C21H24N2O5. The molecule has 1 N–H and O–H groups in total. The molecule has 28 heavy (non-hydrogen) atoms. The summed E-state index contributed by atoms with van der Waals surface area (Å²) >= 11 is 0. The molecule has 148 valence electrons. The number of hydrogen-bond acceptors (Lipinski definition) is 5. The molecule has 0 saturated carbocycles. The van der Waals surface area contributed by atoms with Gasteiger partial charge in [0.25, 0.3) is 0 Å². The van der Waals surface area contributed by atoms with Crippen molar-refractivity contribution in [2.75, 3.05) is 27.2 Å². The van der Waals surface area contributed by atoms with Crippen molar-refractivity contribution in [3.05, 3.63) is 58.4 Å². The summed E-state index contributed by atoms with van der Waals surface area (Å²) in [6.07, 6.45) is 1.96. The number of hydrogen-bond donors (Lipinski definition) is 1. The molecule has 0 unspecified atom stereocenters. The number of carbonyl (C=O) groups is 3. The van der Waals surface area contributed by atoms with Gasteiger partial charge in [0.15, 0.2) is 5.78 Å². The maximum absolute atomic E-state index is 12.7. The van der Waals surface area contributed by atoms with Crippen LogP contribution in [0.4, 0.5) is 0 Å². The van der Waals surface area contributed by atoms with E-state index in [1.807, 2.05) is 23.6 Å². The monoisotopic (exact) mass is 384 g/mol. The van der Waals surface area contributed by atoms with Crippen molar-refractivity contribution in [2.24, 2.45) is 0 Å².